The summed E-state index contributed by atoms with van der Waals surface area (Å²) in [5.74, 6) is 1.02. The molecule has 2 amide bonds. The van der Waals surface area contributed by atoms with E-state index in [2.05, 4.69) is 40.7 Å². The molecule has 0 atom stereocenters. The fourth-order valence-corrected chi connectivity index (χ4v) is 5.12. The number of ether oxygens (including phenoxy) is 1. The summed E-state index contributed by atoms with van der Waals surface area (Å²) < 4.78 is 10.5. The molecule has 5 rings (SSSR count). The first-order valence-corrected chi connectivity index (χ1v) is 16.6. The summed E-state index contributed by atoms with van der Waals surface area (Å²) in [7, 11) is 2.04. The smallest absolute Gasteiger partial charge is 0.410 e. The van der Waals surface area contributed by atoms with Crippen molar-refractivity contribution in [3.05, 3.63) is 65.4 Å². The fourth-order valence-electron chi connectivity index (χ4n) is 5.12. The van der Waals surface area contributed by atoms with Gasteiger partial charge in [0.05, 0.1) is 11.6 Å². The Morgan fingerprint density at radius 2 is 1.64 bits per heavy atom. The van der Waals surface area contributed by atoms with Crippen LogP contribution in [-0.4, -0.2) is 73.5 Å². The van der Waals surface area contributed by atoms with Gasteiger partial charge in [0.2, 0.25) is 6.41 Å². The van der Waals surface area contributed by atoms with E-state index in [9.17, 15) is 14.4 Å². The Hall–Kier alpha value is -4.20. The van der Waals surface area contributed by atoms with Gasteiger partial charge in [-0.15, -0.1) is 0 Å². The van der Waals surface area contributed by atoms with E-state index in [1.54, 1.807) is 24.3 Å². The predicted molar refractivity (Wildman–Crippen MR) is 187 cm³/mol. The van der Waals surface area contributed by atoms with Crippen molar-refractivity contribution in [1.82, 2.24) is 15.1 Å². The zero-order valence-electron chi connectivity index (χ0n) is 29.2. The highest BCUT2D eigenvalue weighted by Gasteiger charge is 2.25. The van der Waals surface area contributed by atoms with E-state index in [4.69, 9.17) is 14.4 Å². The van der Waals surface area contributed by atoms with Crippen LogP contribution < -0.4 is 10.6 Å². The lowest BCUT2D eigenvalue weighted by molar-refractivity contribution is -0.105. The summed E-state index contributed by atoms with van der Waals surface area (Å²) in [6, 6.07) is 17.5. The first-order chi connectivity index (χ1) is 22.5. The van der Waals surface area contributed by atoms with E-state index in [0.717, 1.165) is 62.4 Å². The molecule has 2 saturated heterocycles. The minimum absolute atomic E-state index is 0.163. The largest absolute Gasteiger partial charge is 0.453 e. The molecule has 0 spiro atoms. The average molecular weight is 648 g/mol. The Morgan fingerprint density at radius 1 is 1.00 bits per heavy atom. The van der Waals surface area contributed by atoms with Crippen molar-refractivity contribution in [1.29, 1.82) is 5.26 Å². The number of aldehydes is 1. The second-order valence-electron chi connectivity index (χ2n) is 12.6. The normalized spacial score (nSPS) is 15.4. The Morgan fingerprint density at radius 3 is 2.17 bits per heavy atom. The van der Waals surface area contributed by atoms with Gasteiger partial charge in [0.15, 0.2) is 12.0 Å². The van der Waals surface area contributed by atoms with Crippen molar-refractivity contribution in [3.8, 4) is 6.07 Å². The van der Waals surface area contributed by atoms with Crippen LogP contribution in [0.5, 0.6) is 0 Å². The summed E-state index contributed by atoms with van der Waals surface area (Å²) in [5.41, 5.74) is 2.96. The maximum absolute atomic E-state index is 11.6. The maximum atomic E-state index is 11.6. The number of hydrogen-bond donors (Lipinski definition) is 2. The Kier molecular flexibility index (Phi) is 16.7. The third-order valence-electron chi connectivity index (χ3n) is 7.80. The van der Waals surface area contributed by atoms with Crippen molar-refractivity contribution in [3.63, 3.8) is 0 Å². The molecule has 256 valence electrons. The lowest BCUT2D eigenvalue weighted by Crippen LogP contribution is -2.41. The van der Waals surface area contributed by atoms with Gasteiger partial charge in [-0.05, 0) is 114 Å². The Balaban J connectivity index is 0.000000240. The highest BCUT2D eigenvalue weighted by Crippen LogP contribution is 2.22. The van der Waals surface area contributed by atoms with Crippen LogP contribution in [0.4, 0.5) is 10.5 Å². The van der Waals surface area contributed by atoms with Crippen LogP contribution >= 0.6 is 0 Å². The zero-order valence-corrected chi connectivity index (χ0v) is 29.2. The summed E-state index contributed by atoms with van der Waals surface area (Å²) >= 11 is 0. The molecule has 2 N–H and O–H groups in total. The number of fused-ring (bicyclic) bond motifs is 1. The molecule has 2 aliphatic rings. The van der Waals surface area contributed by atoms with Gasteiger partial charge in [0, 0.05) is 36.7 Å². The van der Waals surface area contributed by atoms with Crippen LogP contribution in [-0.2, 0) is 16.1 Å². The lowest BCUT2D eigenvalue weighted by atomic mass is 10.00. The third kappa shape index (κ3) is 14.0. The maximum Gasteiger partial charge on any atom is 0.410 e. The molecule has 0 aliphatic carbocycles. The second-order valence-corrected chi connectivity index (χ2v) is 12.6. The topological polar surface area (TPSA) is 128 Å². The highest BCUT2D eigenvalue weighted by molar-refractivity contribution is 5.88. The molecule has 47 heavy (non-hydrogen) atoms. The number of furan rings is 1. The first kappa shape index (κ1) is 39.0. The standard InChI is InChI=1S/C14H19N3.C11H21NO2.C10H7NO3.C2H6/c1-16-14-6-8-17(9-7-14)11-13-4-2-12(10-15)3-5-13;1-9-5-7-12(8-6-9)10(13)14-11(2,3)4;12-5-9-4-7-3-8(11-6-13)1-2-10(7)14-9;1-2/h2-5,14,16H,6-9,11H2,1H3;9H,5-8H2,1-4H3;1-6H,(H,11,13);1-2H3. The van der Waals surface area contributed by atoms with Gasteiger partial charge in [-0.3, -0.25) is 14.5 Å². The van der Waals surface area contributed by atoms with Gasteiger partial charge < -0.3 is 24.7 Å². The van der Waals surface area contributed by atoms with E-state index in [-0.39, 0.29) is 17.5 Å². The molecule has 0 saturated carbocycles. The van der Waals surface area contributed by atoms with Crippen molar-refractivity contribution in [2.24, 2.45) is 5.92 Å². The van der Waals surface area contributed by atoms with Crippen molar-refractivity contribution < 1.29 is 23.5 Å². The number of amides is 2. The zero-order chi connectivity index (χ0) is 34.8. The number of likely N-dealkylation sites (tertiary alicyclic amines) is 2. The molecule has 0 bridgehead atoms. The molecule has 2 fully saturated rings. The summed E-state index contributed by atoms with van der Waals surface area (Å²) in [6.45, 7) is 16.9. The van der Waals surface area contributed by atoms with Gasteiger partial charge in [-0.2, -0.15) is 5.26 Å². The lowest BCUT2D eigenvalue weighted by Gasteiger charge is -2.32. The molecule has 10 nitrogen and oxygen atoms in total. The number of nitrogens with zero attached hydrogens (tertiary/aromatic N) is 3. The molecule has 2 aliphatic heterocycles. The number of piperidine rings is 2. The number of hydrogen-bond acceptors (Lipinski definition) is 8. The molecule has 1 aromatic heterocycles. The van der Waals surface area contributed by atoms with Gasteiger partial charge >= 0.3 is 6.09 Å². The van der Waals surface area contributed by atoms with Crippen molar-refractivity contribution >= 4 is 35.4 Å². The molecule has 0 unspecified atom stereocenters. The van der Waals surface area contributed by atoms with Gasteiger partial charge in [0.1, 0.15) is 11.2 Å². The average Bonchev–Trinajstić information content (AvgIpc) is 3.49. The van der Waals surface area contributed by atoms with Crippen LogP contribution in [0.25, 0.3) is 11.0 Å². The van der Waals surface area contributed by atoms with Crippen molar-refractivity contribution in [2.75, 3.05) is 38.5 Å². The third-order valence-corrected chi connectivity index (χ3v) is 7.80. The summed E-state index contributed by atoms with van der Waals surface area (Å²) in [5, 5.41) is 15.4. The molecule has 0 radical (unpaired) electrons. The van der Waals surface area contributed by atoms with Crippen LogP contribution in [0.2, 0.25) is 0 Å². The number of benzene rings is 2. The molecule has 10 heteroatoms. The first-order valence-electron chi connectivity index (χ1n) is 16.6. The summed E-state index contributed by atoms with van der Waals surface area (Å²) in [4.78, 5) is 36.5. The van der Waals surface area contributed by atoms with E-state index in [1.165, 1.54) is 18.4 Å². The number of anilines is 1. The molecule has 2 aromatic carbocycles. The SMILES string of the molecule is CC.CC1CCN(C(=O)OC(C)(C)C)CC1.CNC1CCN(Cc2ccc(C#N)cc2)CC1.O=CNc1ccc2oc(C=O)cc2c1. The number of nitriles is 1. The molecular formula is C37H53N5O5. The number of rotatable bonds is 6. The van der Waals surface area contributed by atoms with Crippen LogP contribution in [0.15, 0.2) is 52.9 Å². The number of carbonyl (C=O) groups is 3. The fraction of sp³-hybridized carbons (Fsp3) is 0.514. The molecule has 3 heterocycles. The van der Waals surface area contributed by atoms with E-state index in [0.29, 0.717) is 30.0 Å². The van der Waals surface area contributed by atoms with Crippen LogP contribution in [0, 0.1) is 17.2 Å². The molecule has 3 aromatic rings. The minimum atomic E-state index is -0.375. The van der Waals surface area contributed by atoms with Gasteiger partial charge in [0.25, 0.3) is 0 Å². The highest BCUT2D eigenvalue weighted by atomic mass is 16.6. The molecular weight excluding hydrogens is 594 g/mol. The predicted octanol–water partition coefficient (Wildman–Crippen LogP) is 7.24. The minimum Gasteiger partial charge on any atom is -0.453 e. The number of carbonyl (C=O) groups excluding carboxylic acids is 3. The van der Waals surface area contributed by atoms with Gasteiger partial charge in [-0.25, -0.2) is 4.79 Å². The number of nitrogens with one attached hydrogen (secondary N) is 2. The van der Waals surface area contributed by atoms with Crippen LogP contribution in [0.1, 0.15) is 88.9 Å². The van der Waals surface area contributed by atoms with Crippen LogP contribution in [0.3, 0.4) is 0 Å². The van der Waals surface area contributed by atoms with Gasteiger partial charge in [-0.1, -0.05) is 32.9 Å². The monoisotopic (exact) mass is 647 g/mol. The second kappa shape index (κ2) is 20.1. The quantitative estimate of drug-likeness (QED) is 0.268. The van der Waals surface area contributed by atoms with E-state index in [1.807, 2.05) is 58.7 Å². The van der Waals surface area contributed by atoms with Crippen molar-refractivity contribution in [2.45, 2.75) is 85.4 Å². The Labute approximate surface area is 280 Å². The Bertz CT molecular complexity index is 1410. The van der Waals surface area contributed by atoms with E-state index < -0.39 is 0 Å². The summed E-state index contributed by atoms with van der Waals surface area (Å²) in [6.07, 6.45) is 5.73. The van der Waals surface area contributed by atoms with E-state index >= 15 is 0 Å².